The second-order valence-electron chi connectivity index (χ2n) is 4.58. The number of rotatable bonds is 4. The Balaban J connectivity index is 2.11. The van der Waals surface area contributed by atoms with Crippen molar-refractivity contribution in [3.05, 3.63) is 34.9 Å². The summed E-state index contributed by atoms with van der Waals surface area (Å²) in [6, 6.07) is 7.18. The van der Waals surface area contributed by atoms with Gasteiger partial charge in [0.05, 0.1) is 6.04 Å². The van der Waals surface area contributed by atoms with Crippen LogP contribution in [-0.2, 0) is 0 Å². The molecule has 0 spiro atoms. The Kier molecular flexibility index (Phi) is 4.75. The normalized spacial score (nSPS) is 18.6. The van der Waals surface area contributed by atoms with Crippen molar-refractivity contribution in [1.82, 2.24) is 10.2 Å². The van der Waals surface area contributed by atoms with Crippen molar-refractivity contribution in [3.8, 4) is 0 Å². The van der Waals surface area contributed by atoms with Crippen LogP contribution < -0.4 is 5.32 Å². The molecule has 0 aliphatic carbocycles. The molecule has 1 aliphatic rings. The van der Waals surface area contributed by atoms with Gasteiger partial charge < -0.3 is 5.32 Å². The number of Topliss-reactive ketones (excluding diaryl/α,β-unsaturated/α-hetero) is 1. The number of ketones is 1. The monoisotopic (exact) mass is 266 g/mol. The van der Waals surface area contributed by atoms with Gasteiger partial charge in [0, 0.05) is 36.8 Å². The molecule has 1 aromatic carbocycles. The summed E-state index contributed by atoms with van der Waals surface area (Å²) in [5.74, 6) is 0.205. The number of nitrogens with one attached hydrogen (secondary N) is 1. The fourth-order valence-electron chi connectivity index (χ4n) is 2.41. The molecule has 0 aromatic heterocycles. The zero-order chi connectivity index (χ0) is 13.0. The predicted molar refractivity (Wildman–Crippen MR) is 74.3 cm³/mol. The van der Waals surface area contributed by atoms with Gasteiger partial charge in [-0.3, -0.25) is 9.69 Å². The van der Waals surface area contributed by atoms with Crippen LogP contribution in [0.15, 0.2) is 24.3 Å². The molecule has 1 fully saturated rings. The van der Waals surface area contributed by atoms with E-state index in [2.05, 4.69) is 17.1 Å². The predicted octanol–water partition coefficient (Wildman–Crippen LogP) is 2.21. The Bertz CT molecular complexity index is 399. The summed E-state index contributed by atoms with van der Waals surface area (Å²) >= 11 is 5.85. The van der Waals surface area contributed by atoms with Crippen molar-refractivity contribution in [2.75, 3.05) is 26.2 Å². The summed E-state index contributed by atoms with van der Waals surface area (Å²) in [5.41, 5.74) is 0.754. The number of benzene rings is 1. The number of carbonyl (C=O) groups is 1. The quantitative estimate of drug-likeness (QED) is 0.848. The van der Waals surface area contributed by atoms with Crippen molar-refractivity contribution in [3.63, 3.8) is 0 Å². The third kappa shape index (κ3) is 3.10. The zero-order valence-electron chi connectivity index (χ0n) is 10.7. The molecule has 0 saturated carbocycles. The maximum absolute atomic E-state index is 12.5. The summed E-state index contributed by atoms with van der Waals surface area (Å²) in [4.78, 5) is 14.8. The summed E-state index contributed by atoms with van der Waals surface area (Å²) in [7, 11) is 0. The van der Waals surface area contributed by atoms with Gasteiger partial charge in [-0.05, 0) is 30.7 Å². The minimum Gasteiger partial charge on any atom is -0.314 e. The lowest BCUT2D eigenvalue weighted by molar-refractivity contribution is 0.0790. The highest BCUT2D eigenvalue weighted by atomic mass is 35.5. The van der Waals surface area contributed by atoms with E-state index in [1.807, 2.05) is 12.1 Å². The number of halogens is 1. The van der Waals surface area contributed by atoms with E-state index in [-0.39, 0.29) is 11.8 Å². The van der Waals surface area contributed by atoms with Crippen LogP contribution in [0.3, 0.4) is 0 Å². The van der Waals surface area contributed by atoms with Crippen LogP contribution in [0.2, 0.25) is 5.02 Å². The highest BCUT2D eigenvalue weighted by molar-refractivity contribution is 6.30. The molecule has 98 valence electrons. The van der Waals surface area contributed by atoms with Gasteiger partial charge in [-0.25, -0.2) is 0 Å². The van der Waals surface area contributed by atoms with E-state index >= 15 is 0 Å². The first-order valence-electron chi connectivity index (χ1n) is 6.47. The van der Waals surface area contributed by atoms with Crippen LogP contribution in [0, 0.1) is 0 Å². The zero-order valence-corrected chi connectivity index (χ0v) is 11.4. The average Bonchev–Trinajstić information content (AvgIpc) is 2.41. The van der Waals surface area contributed by atoms with Crippen LogP contribution in [0.1, 0.15) is 23.7 Å². The van der Waals surface area contributed by atoms with Crippen molar-refractivity contribution in [2.45, 2.75) is 19.4 Å². The van der Waals surface area contributed by atoms with Gasteiger partial charge in [-0.1, -0.05) is 18.5 Å². The fourth-order valence-corrected chi connectivity index (χ4v) is 2.54. The number of piperazine rings is 1. The molecular formula is C14H19ClN2O. The molecule has 4 heteroatoms. The number of hydrogen-bond acceptors (Lipinski definition) is 3. The molecule has 0 radical (unpaired) electrons. The van der Waals surface area contributed by atoms with Gasteiger partial charge in [0.15, 0.2) is 5.78 Å². The first kappa shape index (κ1) is 13.5. The SMILES string of the molecule is CCC(C(=O)c1ccc(Cl)cc1)N1CCNCC1. The van der Waals surface area contributed by atoms with E-state index in [0.717, 1.165) is 38.2 Å². The van der Waals surface area contributed by atoms with Crippen LogP contribution in [-0.4, -0.2) is 42.9 Å². The van der Waals surface area contributed by atoms with Crippen LogP contribution >= 0.6 is 11.6 Å². The standard InChI is InChI=1S/C14H19ClN2O/c1-2-13(17-9-7-16-8-10-17)14(18)11-3-5-12(15)6-4-11/h3-6,13,16H,2,7-10H2,1H3. The second-order valence-corrected chi connectivity index (χ2v) is 5.02. The highest BCUT2D eigenvalue weighted by Gasteiger charge is 2.26. The lowest BCUT2D eigenvalue weighted by atomic mass is 10.00. The average molecular weight is 267 g/mol. The Morgan fingerprint density at radius 3 is 2.50 bits per heavy atom. The van der Waals surface area contributed by atoms with Gasteiger partial charge in [-0.2, -0.15) is 0 Å². The first-order chi connectivity index (χ1) is 8.72. The number of carbonyl (C=O) groups excluding carboxylic acids is 1. The molecule has 1 atom stereocenters. The molecule has 0 amide bonds. The largest absolute Gasteiger partial charge is 0.314 e. The number of nitrogens with zero attached hydrogens (tertiary/aromatic N) is 1. The molecule has 1 aromatic rings. The second kappa shape index (κ2) is 6.32. The Morgan fingerprint density at radius 1 is 1.33 bits per heavy atom. The topological polar surface area (TPSA) is 32.3 Å². The molecule has 1 unspecified atom stereocenters. The molecule has 1 saturated heterocycles. The maximum Gasteiger partial charge on any atom is 0.179 e. The van der Waals surface area contributed by atoms with Crippen molar-refractivity contribution >= 4 is 17.4 Å². The van der Waals surface area contributed by atoms with Gasteiger partial charge in [0.25, 0.3) is 0 Å². The first-order valence-corrected chi connectivity index (χ1v) is 6.84. The summed E-state index contributed by atoms with van der Waals surface area (Å²) in [6.45, 7) is 5.88. The van der Waals surface area contributed by atoms with Gasteiger partial charge in [-0.15, -0.1) is 0 Å². The summed E-state index contributed by atoms with van der Waals surface area (Å²) in [5, 5.41) is 3.98. The fraction of sp³-hybridized carbons (Fsp3) is 0.500. The van der Waals surface area contributed by atoms with Gasteiger partial charge in [0.2, 0.25) is 0 Å². The van der Waals surface area contributed by atoms with Crippen molar-refractivity contribution < 1.29 is 4.79 Å². The molecule has 2 rings (SSSR count). The molecule has 1 heterocycles. The van der Waals surface area contributed by atoms with Crippen molar-refractivity contribution in [1.29, 1.82) is 0 Å². The lowest BCUT2D eigenvalue weighted by Crippen LogP contribution is -2.51. The Hall–Kier alpha value is -0.900. The minimum atomic E-state index is -0.00623. The molecule has 0 bridgehead atoms. The van der Waals surface area contributed by atoms with Crippen molar-refractivity contribution in [2.24, 2.45) is 0 Å². The van der Waals surface area contributed by atoms with Crippen LogP contribution in [0.5, 0.6) is 0 Å². The Morgan fingerprint density at radius 2 is 1.94 bits per heavy atom. The molecular weight excluding hydrogens is 248 g/mol. The van der Waals surface area contributed by atoms with E-state index in [1.165, 1.54) is 0 Å². The Labute approximate surface area is 113 Å². The van der Waals surface area contributed by atoms with E-state index in [0.29, 0.717) is 5.02 Å². The maximum atomic E-state index is 12.5. The highest BCUT2D eigenvalue weighted by Crippen LogP contribution is 2.15. The summed E-state index contributed by atoms with van der Waals surface area (Å²) in [6.07, 6.45) is 0.849. The van der Waals surface area contributed by atoms with E-state index < -0.39 is 0 Å². The van der Waals surface area contributed by atoms with Gasteiger partial charge in [0.1, 0.15) is 0 Å². The smallest absolute Gasteiger partial charge is 0.179 e. The van der Waals surface area contributed by atoms with Crippen LogP contribution in [0.25, 0.3) is 0 Å². The molecule has 1 aliphatic heterocycles. The third-order valence-electron chi connectivity index (χ3n) is 3.41. The van der Waals surface area contributed by atoms with E-state index in [9.17, 15) is 4.79 Å². The van der Waals surface area contributed by atoms with Gasteiger partial charge >= 0.3 is 0 Å². The lowest BCUT2D eigenvalue weighted by Gasteiger charge is -2.33. The van der Waals surface area contributed by atoms with E-state index in [4.69, 9.17) is 11.6 Å². The van der Waals surface area contributed by atoms with E-state index in [1.54, 1.807) is 12.1 Å². The summed E-state index contributed by atoms with van der Waals surface area (Å²) < 4.78 is 0. The molecule has 3 nitrogen and oxygen atoms in total. The number of hydrogen-bond donors (Lipinski definition) is 1. The third-order valence-corrected chi connectivity index (χ3v) is 3.66. The van der Waals surface area contributed by atoms with Crippen LogP contribution in [0.4, 0.5) is 0 Å². The minimum absolute atomic E-state index is 0.00623. The molecule has 18 heavy (non-hydrogen) atoms. The molecule has 1 N–H and O–H groups in total.